The van der Waals surface area contributed by atoms with Crippen molar-refractivity contribution in [1.82, 2.24) is 14.8 Å². The maximum Gasteiger partial charge on any atom is 0.324 e. The predicted molar refractivity (Wildman–Crippen MR) is 117 cm³/mol. The molecule has 0 bridgehead atoms. The molecule has 2 amide bonds. The lowest BCUT2D eigenvalue weighted by Gasteiger charge is -2.38. The third-order valence-corrected chi connectivity index (χ3v) is 6.36. The van der Waals surface area contributed by atoms with Crippen molar-refractivity contribution in [3.05, 3.63) is 59.4 Å². The number of piperidine rings is 1. The van der Waals surface area contributed by atoms with Gasteiger partial charge in [0, 0.05) is 43.3 Å². The minimum atomic E-state index is -0.106. The number of benzene rings is 1. The highest BCUT2D eigenvalue weighted by Gasteiger charge is 2.41. The maximum atomic E-state index is 13.3. The molecule has 0 radical (unpaired) electrons. The molecule has 0 spiro atoms. The van der Waals surface area contributed by atoms with Gasteiger partial charge in [0.25, 0.3) is 0 Å². The molecule has 4 rings (SSSR count). The van der Waals surface area contributed by atoms with Gasteiger partial charge in [0.2, 0.25) is 0 Å². The van der Waals surface area contributed by atoms with Gasteiger partial charge in [0.15, 0.2) is 0 Å². The zero-order valence-electron chi connectivity index (χ0n) is 18.1. The zero-order valence-corrected chi connectivity index (χ0v) is 18.1. The summed E-state index contributed by atoms with van der Waals surface area (Å²) >= 11 is 0. The molecule has 29 heavy (non-hydrogen) atoms. The third-order valence-electron chi connectivity index (χ3n) is 6.36. The largest absolute Gasteiger partial charge is 0.324 e. The fraction of sp³-hybridized carbons (Fsp3) is 0.500. The number of nitrogens with zero attached hydrogens (tertiary/aromatic N) is 4. The Bertz CT molecular complexity index is 872. The van der Waals surface area contributed by atoms with Crippen molar-refractivity contribution in [3.63, 3.8) is 0 Å². The number of fused-ring (bicyclic) bond motifs is 1. The van der Waals surface area contributed by atoms with E-state index in [1.807, 2.05) is 22.8 Å². The second-order valence-electron chi connectivity index (χ2n) is 9.19. The third kappa shape index (κ3) is 4.01. The number of rotatable bonds is 3. The minimum Gasteiger partial charge on any atom is -0.324 e. The number of carbonyl (C=O) groups is 1. The maximum absolute atomic E-state index is 13.3. The van der Waals surface area contributed by atoms with Crippen molar-refractivity contribution in [3.8, 4) is 0 Å². The molecule has 0 unspecified atom stereocenters. The highest BCUT2D eigenvalue weighted by atomic mass is 16.2. The Balaban J connectivity index is 1.39. The summed E-state index contributed by atoms with van der Waals surface area (Å²) in [5.74, 6) is 0. The van der Waals surface area contributed by atoms with Crippen LogP contribution in [-0.2, 0) is 12.0 Å². The number of pyridine rings is 1. The molecule has 0 N–H and O–H groups in total. The lowest BCUT2D eigenvalue weighted by atomic mass is 9.91. The first kappa shape index (κ1) is 19.9. The van der Waals surface area contributed by atoms with Gasteiger partial charge in [-0.25, -0.2) is 4.79 Å². The van der Waals surface area contributed by atoms with Gasteiger partial charge in [-0.1, -0.05) is 44.2 Å². The molecule has 3 heterocycles. The summed E-state index contributed by atoms with van der Waals surface area (Å²) in [6.45, 7) is 9.65. The molecule has 1 aromatic heterocycles. The fourth-order valence-electron chi connectivity index (χ4n) is 4.66. The Kier molecular flexibility index (Phi) is 5.34. The summed E-state index contributed by atoms with van der Waals surface area (Å²) in [4.78, 5) is 24.4. The normalized spacial score (nSPS) is 18.9. The van der Waals surface area contributed by atoms with E-state index < -0.39 is 0 Å². The SMILES string of the molecule is Cc1ccc2c(n1)C(C)(C)CN2C(=O)N1CCC(N(C)Cc2ccccc2)CC1. The molecule has 1 saturated heterocycles. The number of hydrogen-bond donors (Lipinski definition) is 0. The molecule has 5 heteroatoms. The number of anilines is 1. The van der Waals surface area contributed by atoms with Crippen LogP contribution in [0.15, 0.2) is 42.5 Å². The van der Waals surface area contributed by atoms with Gasteiger partial charge in [0.05, 0.1) is 11.4 Å². The lowest BCUT2D eigenvalue weighted by molar-refractivity contribution is 0.133. The van der Waals surface area contributed by atoms with Gasteiger partial charge in [0.1, 0.15) is 0 Å². The van der Waals surface area contributed by atoms with Crippen LogP contribution in [-0.4, -0.2) is 53.5 Å². The number of amides is 2. The van der Waals surface area contributed by atoms with E-state index in [-0.39, 0.29) is 11.4 Å². The predicted octanol–water partition coefficient (Wildman–Crippen LogP) is 4.20. The van der Waals surface area contributed by atoms with Crippen molar-refractivity contribution in [2.45, 2.75) is 51.6 Å². The molecule has 154 valence electrons. The standard InChI is InChI=1S/C24H32N4O/c1-18-10-11-21-22(25-18)24(2,3)17-28(21)23(29)27-14-12-20(13-15-27)26(4)16-19-8-6-5-7-9-19/h5-11,20H,12-17H2,1-4H3. The van der Waals surface area contributed by atoms with Crippen LogP contribution < -0.4 is 4.90 Å². The van der Waals surface area contributed by atoms with Gasteiger partial charge >= 0.3 is 6.03 Å². The Morgan fingerprint density at radius 1 is 1.14 bits per heavy atom. The molecule has 1 aromatic carbocycles. The van der Waals surface area contributed by atoms with Crippen molar-refractivity contribution in [1.29, 1.82) is 0 Å². The van der Waals surface area contributed by atoms with Crippen molar-refractivity contribution < 1.29 is 4.79 Å². The second kappa shape index (κ2) is 7.79. The molecule has 2 aliphatic heterocycles. The first-order chi connectivity index (χ1) is 13.8. The summed E-state index contributed by atoms with van der Waals surface area (Å²) in [6.07, 6.45) is 2.04. The van der Waals surface area contributed by atoms with Crippen molar-refractivity contribution in [2.24, 2.45) is 0 Å². The molecule has 0 saturated carbocycles. The number of carbonyl (C=O) groups excluding carboxylic acids is 1. The Labute approximate surface area is 174 Å². The van der Waals surface area contributed by atoms with E-state index in [0.29, 0.717) is 12.6 Å². The number of likely N-dealkylation sites (tertiary alicyclic amines) is 1. The molecular formula is C24H32N4O. The first-order valence-corrected chi connectivity index (χ1v) is 10.6. The molecule has 2 aromatic rings. The van der Waals surface area contributed by atoms with Crippen LogP contribution in [0.4, 0.5) is 10.5 Å². The highest BCUT2D eigenvalue weighted by molar-refractivity contribution is 5.94. The van der Waals surface area contributed by atoms with E-state index in [1.54, 1.807) is 0 Å². The second-order valence-corrected chi connectivity index (χ2v) is 9.19. The van der Waals surface area contributed by atoms with Gasteiger partial charge < -0.3 is 4.90 Å². The number of hydrogen-bond acceptors (Lipinski definition) is 3. The van der Waals surface area contributed by atoms with Crippen LogP contribution in [0, 0.1) is 6.92 Å². The van der Waals surface area contributed by atoms with Crippen LogP contribution in [0.5, 0.6) is 0 Å². The van der Waals surface area contributed by atoms with Gasteiger partial charge in [-0.2, -0.15) is 0 Å². The van der Waals surface area contributed by atoms with Crippen molar-refractivity contribution in [2.75, 3.05) is 31.6 Å². The zero-order chi connectivity index (χ0) is 20.6. The molecular weight excluding hydrogens is 360 g/mol. The summed E-state index contributed by atoms with van der Waals surface area (Å²) in [7, 11) is 2.20. The van der Waals surface area contributed by atoms with E-state index in [0.717, 1.165) is 49.6 Å². The van der Waals surface area contributed by atoms with Crippen LogP contribution >= 0.6 is 0 Å². The molecule has 0 aliphatic carbocycles. The van der Waals surface area contributed by atoms with E-state index >= 15 is 0 Å². The summed E-state index contributed by atoms with van der Waals surface area (Å²) in [5.41, 5.74) is 4.27. The Morgan fingerprint density at radius 3 is 2.52 bits per heavy atom. The molecule has 1 fully saturated rings. The lowest BCUT2D eigenvalue weighted by Crippen LogP contribution is -2.50. The fourth-order valence-corrected chi connectivity index (χ4v) is 4.66. The average molecular weight is 393 g/mol. The van der Waals surface area contributed by atoms with Crippen LogP contribution in [0.2, 0.25) is 0 Å². The van der Waals surface area contributed by atoms with Crippen LogP contribution in [0.25, 0.3) is 0 Å². The number of aromatic nitrogens is 1. The topological polar surface area (TPSA) is 39.7 Å². The number of aryl methyl sites for hydroxylation is 1. The minimum absolute atomic E-state index is 0.106. The Hall–Kier alpha value is -2.40. The highest BCUT2D eigenvalue weighted by Crippen LogP contribution is 2.39. The smallest absolute Gasteiger partial charge is 0.324 e. The van der Waals surface area contributed by atoms with Crippen LogP contribution in [0.1, 0.15) is 43.6 Å². The summed E-state index contributed by atoms with van der Waals surface area (Å²) in [6, 6.07) is 15.3. The molecule has 5 nitrogen and oxygen atoms in total. The average Bonchev–Trinajstić information content (AvgIpc) is 2.98. The summed E-state index contributed by atoms with van der Waals surface area (Å²) in [5, 5.41) is 0. The van der Waals surface area contributed by atoms with E-state index in [1.165, 1.54) is 5.56 Å². The van der Waals surface area contributed by atoms with Gasteiger partial charge in [-0.15, -0.1) is 0 Å². The van der Waals surface area contributed by atoms with Crippen LogP contribution in [0.3, 0.4) is 0 Å². The number of urea groups is 1. The van der Waals surface area contributed by atoms with Gasteiger partial charge in [-0.05, 0) is 44.5 Å². The molecule has 0 atom stereocenters. The van der Waals surface area contributed by atoms with Crippen molar-refractivity contribution >= 4 is 11.7 Å². The monoisotopic (exact) mass is 392 g/mol. The van der Waals surface area contributed by atoms with E-state index in [2.05, 4.69) is 62.2 Å². The quantitative estimate of drug-likeness (QED) is 0.786. The Morgan fingerprint density at radius 2 is 1.83 bits per heavy atom. The van der Waals surface area contributed by atoms with E-state index in [9.17, 15) is 4.79 Å². The first-order valence-electron chi connectivity index (χ1n) is 10.6. The van der Waals surface area contributed by atoms with E-state index in [4.69, 9.17) is 4.98 Å². The summed E-state index contributed by atoms with van der Waals surface area (Å²) < 4.78 is 0. The molecule has 2 aliphatic rings. The van der Waals surface area contributed by atoms with Gasteiger partial charge in [-0.3, -0.25) is 14.8 Å².